The van der Waals surface area contributed by atoms with Crippen LogP contribution in [0, 0.1) is 5.92 Å². The van der Waals surface area contributed by atoms with Crippen LogP contribution in [0.15, 0.2) is 30.6 Å². The van der Waals surface area contributed by atoms with E-state index in [9.17, 15) is 0 Å². The fourth-order valence-electron chi connectivity index (χ4n) is 2.47. The molecule has 5 heteroatoms. The summed E-state index contributed by atoms with van der Waals surface area (Å²) in [5.41, 5.74) is 2.45. The maximum atomic E-state index is 5.33. The van der Waals surface area contributed by atoms with Crippen molar-refractivity contribution in [1.82, 2.24) is 15.1 Å². The van der Waals surface area contributed by atoms with Crippen LogP contribution in [-0.2, 0) is 19.5 Å². The topological polar surface area (TPSA) is 48.3 Å². The van der Waals surface area contributed by atoms with Gasteiger partial charge in [0.2, 0.25) is 0 Å². The number of benzene rings is 1. The molecule has 0 bridgehead atoms. The maximum absolute atomic E-state index is 5.33. The van der Waals surface area contributed by atoms with Gasteiger partial charge in [-0.15, -0.1) is 0 Å². The molecule has 0 unspecified atom stereocenters. The van der Waals surface area contributed by atoms with Gasteiger partial charge < -0.3 is 14.8 Å². The Morgan fingerprint density at radius 1 is 1.13 bits per heavy atom. The lowest BCUT2D eigenvalue weighted by atomic mass is 10.1. The maximum Gasteiger partial charge on any atom is 0.160 e. The Labute approximate surface area is 138 Å². The highest BCUT2D eigenvalue weighted by atomic mass is 16.5. The first-order valence-electron chi connectivity index (χ1n) is 8.05. The molecular formula is C18H27N3O2. The fraction of sp³-hybridized carbons (Fsp3) is 0.500. The highest BCUT2D eigenvalue weighted by molar-refractivity contribution is 5.42. The van der Waals surface area contributed by atoms with Crippen LogP contribution in [0.1, 0.15) is 25.0 Å². The van der Waals surface area contributed by atoms with Gasteiger partial charge in [0.1, 0.15) is 0 Å². The molecule has 23 heavy (non-hydrogen) atoms. The van der Waals surface area contributed by atoms with Crippen molar-refractivity contribution < 1.29 is 9.47 Å². The number of nitrogens with zero attached hydrogens (tertiary/aromatic N) is 2. The Bertz CT molecular complexity index is 608. The number of ether oxygens (including phenoxy) is 2. The van der Waals surface area contributed by atoms with Gasteiger partial charge in [0.15, 0.2) is 11.5 Å². The Hall–Kier alpha value is -2.01. The van der Waals surface area contributed by atoms with Crippen LogP contribution in [0.25, 0.3) is 0 Å². The number of nitrogens with one attached hydrogen (secondary N) is 1. The average molecular weight is 317 g/mol. The minimum Gasteiger partial charge on any atom is -0.493 e. The van der Waals surface area contributed by atoms with Gasteiger partial charge in [0.25, 0.3) is 0 Å². The average Bonchev–Trinajstić information content (AvgIpc) is 2.97. The molecule has 0 saturated carbocycles. The summed E-state index contributed by atoms with van der Waals surface area (Å²) < 4.78 is 12.6. The van der Waals surface area contributed by atoms with Crippen LogP contribution in [0.5, 0.6) is 11.5 Å². The Morgan fingerprint density at radius 3 is 2.61 bits per heavy atom. The first kappa shape index (κ1) is 17.3. The SMILES string of the molecule is COc1ccc(CCNCc2cnn(CC(C)C)c2)cc1OC. The Kier molecular flexibility index (Phi) is 6.47. The third-order valence-corrected chi connectivity index (χ3v) is 3.61. The molecule has 1 N–H and O–H groups in total. The lowest BCUT2D eigenvalue weighted by Crippen LogP contribution is -2.16. The van der Waals surface area contributed by atoms with Crippen LogP contribution < -0.4 is 14.8 Å². The zero-order valence-corrected chi connectivity index (χ0v) is 14.5. The van der Waals surface area contributed by atoms with E-state index in [0.29, 0.717) is 5.92 Å². The molecule has 0 amide bonds. The molecule has 0 radical (unpaired) electrons. The minimum atomic E-state index is 0.612. The molecule has 2 rings (SSSR count). The van der Waals surface area contributed by atoms with E-state index >= 15 is 0 Å². The van der Waals surface area contributed by atoms with E-state index in [1.165, 1.54) is 11.1 Å². The summed E-state index contributed by atoms with van der Waals surface area (Å²) in [5.74, 6) is 2.16. The first-order valence-corrected chi connectivity index (χ1v) is 8.05. The van der Waals surface area contributed by atoms with Crippen molar-refractivity contribution in [3.63, 3.8) is 0 Å². The lowest BCUT2D eigenvalue weighted by Gasteiger charge is -2.10. The minimum absolute atomic E-state index is 0.612. The molecular weight excluding hydrogens is 290 g/mol. The third-order valence-electron chi connectivity index (χ3n) is 3.61. The first-order chi connectivity index (χ1) is 11.1. The van der Waals surface area contributed by atoms with Crippen molar-refractivity contribution >= 4 is 0 Å². The van der Waals surface area contributed by atoms with Crippen LogP contribution in [0.3, 0.4) is 0 Å². The molecule has 126 valence electrons. The number of methoxy groups -OCH3 is 2. The molecule has 1 heterocycles. The van der Waals surface area contributed by atoms with Crippen molar-refractivity contribution in [3.8, 4) is 11.5 Å². The molecule has 0 fully saturated rings. The largest absolute Gasteiger partial charge is 0.493 e. The van der Waals surface area contributed by atoms with Gasteiger partial charge >= 0.3 is 0 Å². The van der Waals surface area contributed by atoms with E-state index < -0.39 is 0 Å². The van der Waals surface area contributed by atoms with Crippen LogP contribution in [0.4, 0.5) is 0 Å². The molecule has 0 saturated heterocycles. The van der Waals surface area contributed by atoms with E-state index in [-0.39, 0.29) is 0 Å². The summed E-state index contributed by atoms with van der Waals surface area (Å²) >= 11 is 0. The highest BCUT2D eigenvalue weighted by Gasteiger charge is 2.05. The standard InChI is InChI=1S/C18H27N3O2/c1-14(2)12-21-13-16(11-20-21)10-19-8-7-15-5-6-17(22-3)18(9-15)23-4/h5-6,9,11,13-14,19H,7-8,10,12H2,1-4H3. The highest BCUT2D eigenvalue weighted by Crippen LogP contribution is 2.27. The second-order valence-electron chi connectivity index (χ2n) is 6.08. The Morgan fingerprint density at radius 2 is 1.91 bits per heavy atom. The van der Waals surface area contributed by atoms with E-state index in [2.05, 4.69) is 36.5 Å². The van der Waals surface area contributed by atoms with Gasteiger partial charge in [-0.25, -0.2) is 0 Å². The molecule has 2 aromatic rings. The van der Waals surface area contributed by atoms with Gasteiger partial charge in [-0.2, -0.15) is 5.10 Å². The fourth-order valence-corrected chi connectivity index (χ4v) is 2.47. The zero-order chi connectivity index (χ0) is 16.7. The molecule has 1 aromatic heterocycles. The second-order valence-corrected chi connectivity index (χ2v) is 6.08. The molecule has 0 aliphatic rings. The quantitative estimate of drug-likeness (QED) is 0.723. The third kappa shape index (κ3) is 5.28. The number of hydrogen-bond donors (Lipinski definition) is 1. The normalized spacial score (nSPS) is 11.0. The zero-order valence-electron chi connectivity index (χ0n) is 14.5. The van der Waals surface area contributed by atoms with E-state index in [1.54, 1.807) is 14.2 Å². The van der Waals surface area contributed by atoms with E-state index in [1.807, 2.05) is 23.0 Å². The summed E-state index contributed by atoms with van der Waals surface area (Å²) in [4.78, 5) is 0. The van der Waals surface area contributed by atoms with E-state index in [4.69, 9.17) is 9.47 Å². The van der Waals surface area contributed by atoms with Gasteiger partial charge in [-0.1, -0.05) is 19.9 Å². The molecule has 5 nitrogen and oxygen atoms in total. The molecule has 0 aliphatic carbocycles. The van der Waals surface area contributed by atoms with Gasteiger partial charge in [0, 0.05) is 24.8 Å². The molecule has 1 aromatic carbocycles. The van der Waals surface area contributed by atoms with Crippen LogP contribution in [0.2, 0.25) is 0 Å². The van der Waals surface area contributed by atoms with Gasteiger partial charge in [-0.05, 0) is 36.6 Å². The van der Waals surface area contributed by atoms with Gasteiger partial charge in [-0.3, -0.25) is 4.68 Å². The summed E-state index contributed by atoms with van der Waals surface area (Å²) in [5, 5.41) is 7.84. The van der Waals surface area contributed by atoms with Crippen molar-refractivity contribution in [3.05, 3.63) is 41.7 Å². The van der Waals surface area contributed by atoms with E-state index in [0.717, 1.165) is 37.6 Å². The molecule has 0 spiro atoms. The molecule has 0 aliphatic heterocycles. The molecule has 0 atom stereocenters. The summed E-state index contributed by atoms with van der Waals surface area (Å²) in [6, 6.07) is 6.05. The van der Waals surface area contributed by atoms with Gasteiger partial charge in [0.05, 0.1) is 20.4 Å². The number of aromatic nitrogens is 2. The monoisotopic (exact) mass is 317 g/mol. The van der Waals surface area contributed by atoms with Crippen LogP contribution >= 0.6 is 0 Å². The summed E-state index contributed by atoms with van der Waals surface area (Å²) in [7, 11) is 3.31. The predicted molar refractivity (Wildman–Crippen MR) is 92.0 cm³/mol. The van der Waals surface area contributed by atoms with Crippen molar-refractivity contribution in [2.24, 2.45) is 5.92 Å². The van der Waals surface area contributed by atoms with Crippen molar-refractivity contribution in [1.29, 1.82) is 0 Å². The summed E-state index contributed by atoms with van der Waals surface area (Å²) in [6.07, 6.45) is 5.00. The summed E-state index contributed by atoms with van der Waals surface area (Å²) in [6.45, 7) is 7.10. The smallest absolute Gasteiger partial charge is 0.160 e. The predicted octanol–water partition coefficient (Wildman–Crippen LogP) is 2.89. The number of rotatable bonds is 9. The van der Waals surface area contributed by atoms with Crippen molar-refractivity contribution in [2.45, 2.75) is 33.4 Å². The Balaban J connectivity index is 1.78. The van der Waals surface area contributed by atoms with Crippen LogP contribution in [-0.4, -0.2) is 30.5 Å². The van der Waals surface area contributed by atoms with Crippen molar-refractivity contribution in [2.75, 3.05) is 20.8 Å². The number of hydrogen-bond acceptors (Lipinski definition) is 4. The second kappa shape index (κ2) is 8.58. The lowest BCUT2D eigenvalue weighted by molar-refractivity contribution is 0.354.